The molecule has 0 bridgehead atoms. The summed E-state index contributed by atoms with van der Waals surface area (Å²) < 4.78 is 0. The minimum absolute atomic E-state index is 0.115. The highest BCUT2D eigenvalue weighted by molar-refractivity contribution is 5.68. The van der Waals surface area contributed by atoms with Crippen LogP contribution < -0.4 is 0 Å². The maximum Gasteiger partial charge on any atom is 0.305 e. The second-order valence-corrected chi connectivity index (χ2v) is 6.78. The summed E-state index contributed by atoms with van der Waals surface area (Å²) in [7, 11) is 2.15. The van der Waals surface area contributed by atoms with Gasteiger partial charge >= 0.3 is 5.97 Å². The lowest BCUT2D eigenvalue weighted by Crippen LogP contribution is -2.57. The zero-order valence-electron chi connectivity index (χ0n) is 13.7. The standard InChI is InChI=1S/C16H31N3O2/c1-3-7-18-8-4-5-16(6-9-18,14-15(20)21)19-12-10-17(2)11-13-19/h3-14H2,1-2H3,(H,20,21). The van der Waals surface area contributed by atoms with Crippen LogP contribution in [-0.2, 0) is 4.79 Å². The molecule has 1 N–H and O–H groups in total. The minimum Gasteiger partial charge on any atom is -0.481 e. The number of nitrogens with zero attached hydrogens (tertiary/aromatic N) is 3. The van der Waals surface area contributed by atoms with Gasteiger partial charge in [0, 0.05) is 31.7 Å². The van der Waals surface area contributed by atoms with E-state index in [0.717, 1.165) is 65.1 Å². The van der Waals surface area contributed by atoms with E-state index in [4.69, 9.17) is 0 Å². The molecule has 1 atom stereocenters. The Hall–Kier alpha value is -0.650. The molecule has 0 aromatic rings. The van der Waals surface area contributed by atoms with Crippen molar-refractivity contribution in [3.63, 3.8) is 0 Å². The Morgan fingerprint density at radius 2 is 1.81 bits per heavy atom. The largest absolute Gasteiger partial charge is 0.481 e. The Bertz CT molecular complexity index is 342. The third kappa shape index (κ3) is 4.41. The summed E-state index contributed by atoms with van der Waals surface area (Å²) in [6, 6.07) is 0. The summed E-state index contributed by atoms with van der Waals surface area (Å²) in [4.78, 5) is 18.8. The van der Waals surface area contributed by atoms with Crippen LogP contribution in [0.1, 0.15) is 39.0 Å². The second-order valence-electron chi connectivity index (χ2n) is 6.78. The number of hydrogen-bond donors (Lipinski definition) is 1. The summed E-state index contributed by atoms with van der Waals surface area (Å²) in [6.45, 7) is 9.67. The van der Waals surface area contributed by atoms with E-state index in [1.54, 1.807) is 0 Å². The lowest BCUT2D eigenvalue weighted by atomic mass is 9.84. The summed E-state index contributed by atoms with van der Waals surface area (Å²) in [6.07, 6.45) is 4.64. The van der Waals surface area contributed by atoms with Gasteiger partial charge in [0.25, 0.3) is 0 Å². The molecule has 0 aromatic heterocycles. The van der Waals surface area contributed by atoms with E-state index in [1.165, 1.54) is 6.42 Å². The first kappa shape index (κ1) is 16.7. The summed E-state index contributed by atoms with van der Waals surface area (Å²) in [5.74, 6) is -0.641. The Labute approximate surface area is 128 Å². The van der Waals surface area contributed by atoms with Crippen LogP contribution in [0.3, 0.4) is 0 Å². The van der Waals surface area contributed by atoms with Crippen LogP contribution in [-0.4, -0.2) is 84.2 Å². The van der Waals surface area contributed by atoms with Gasteiger partial charge in [0.1, 0.15) is 0 Å². The number of likely N-dealkylation sites (tertiary alicyclic amines) is 1. The lowest BCUT2D eigenvalue weighted by Gasteiger charge is -2.46. The highest BCUT2D eigenvalue weighted by Crippen LogP contribution is 2.33. The van der Waals surface area contributed by atoms with Crippen molar-refractivity contribution in [2.75, 3.05) is 52.9 Å². The number of piperazine rings is 1. The SMILES string of the molecule is CCCN1CCCC(CC(=O)O)(N2CCN(C)CC2)CC1. The van der Waals surface area contributed by atoms with Crippen molar-refractivity contribution >= 4 is 5.97 Å². The van der Waals surface area contributed by atoms with Crippen molar-refractivity contribution in [2.24, 2.45) is 0 Å². The first-order valence-corrected chi connectivity index (χ1v) is 8.43. The normalized spacial score (nSPS) is 30.2. The van der Waals surface area contributed by atoms with E-state index < -0.39 is 5.97 Å². The fourth-order valence-electron chi connectivity index (χ4n) is 3.94. The molecule has 5 nitrogen and oxygen atoms in total. The van der Waals surface area contributed by atoms with Crippen LogP contribution in [0.4, 0.5) is 0 Å². The van der Waals surface area contributed by atoms with Crippen molar-refractivity contribution < 1.29 is 9.90 Å². The van der Waals surface area contributed by atoms with Gasteiger partial charge in [-0.25, -0.2) is 0 Å². The van der Waals surface area contributed by atoms with Crippen molar-refractivity contribution in [1.82, 2.24) is 14.7 Å². The van der Waals surface area contributed by atoms with E-state index >= 15 is 0 Å². The molecule has 2 heterocycles. The van der Waals surface area contributed by atoms with E-state index in [0.29, 0.717) is 6.42 Å². The average Bonchev–Trinajstić information content (AvgIpc) is 2.63. The molecule has 0 spiro atoms. The smallest absolute Gasteiger partial charge is 0.305 e. The van der Waals surface area contributed by atoms with Gasteiger partial charge in [0.15, 0.2) is 0 Å². The number of hydrogen-bond acceptors (Lipinski definition) is 4. The lowest BCUT2D eigenvalue weighted by molar-refractivity contribution is -0.141. The Kier molecular flexibility index (Phi) is 6.02. The Morgan fingerprint density at radius 1 is 1.10 bits per heavy atom. The van der Waals surface area contributed by atoms with Crippen molar-refractivity contribution in [3.8, 4) is 0 Å². The van der Waals surface area contributed by atoms with Crippen LogP contribution >= 0.6 is 0 Å². The van der Waals surface area contributed by atoms with Crippen molar-refractivity contribution in [2.45, 2.75) is 44.6 Å². The molecule has 0 amide bonds. The molecular weight excluding hydrogens is 266 g/mol. The minimum atomic E-state index is -0.641. The molecule has 122 valence electrons. The molecule has 21 heavy (non-hydrogen) atoms. The number of likely N-dealkylation sites (N-methyl/N-ethyl adjacent to an activating group) is 1. The molecule has 2 fully saturated rings. The molecule has 2 aliphatic heterocycles. The van der Waals surface area contributed by atoms with Gasteiger partial charge in [0.05, 0.1) is 6.42 Å². The number of carboxylic acids is 1. The van der Waals surface area contributed by atoms with Crippen molar-refractivity contribution in [1.29, 1.82) is 0 Å². The highest BCUT2D eigenvalue weighted by atomic mass is 16.4. The molecule has 1 unspecified atom stereocenters. The van der Waals surface area contributed by atoms with Gasteiger partial charge in [-0.1, -0.05) is 6.92 Å². The maximum atomic E-state index is 11.4. The van der Waals surface area contributed by atoms with Crippen LogP contribution in [0, 0.1) is 0 Å². The van der Waals surface area contributed by atoms with Gasteiger partial charge in [-0.05, 0) is 52.4 Å². The molecule has 2 rings (SSSR count). The topological polar surface area (TPSA) is 47.0 Å². The average molecular weight is 297 g/mol. The van der Waals surface area contributed by atoms with Crippen LogP contribution in [0.2, 0.25) is 0 Å². The fourth-order valence-corrected chi connectivity index (χ4v) is 3.94. The third-order valence-corrected chi connectivity index (χ3v) is 5.20. The van der Waals surface area contributed by atoms with E-state index in [9.17, 15) is 9.90 Å². The van der Waals surface area contributed by atoms with Crippen LogP contribution in [0.15, 0.2) is 0 Å². The van der Waals surface area contributed by atoms with E-state index in [2.05, 4.69) is 28.7 Å². The van der Waals surface area contributed by atoms with Gasteiger partial charge in [-0.15, -0.1) is 0 Å². The zero-order chi connectivity index (χ0) is 15.3. The highest BCUT2D eigenvalue weighted by Gasteiger charge is 2.40. The quantitative estimate of drug-likeness (QED) is 0.830. The van der Waals surface area contributed by atoms with Crippen molar-refractivity contribution in [3.05, 3.63) is 0 Å². The predicted octanol–water partition coefficient (Wildman–Crippen LogP) is 1.34. The number of carboxylic acid groups (broad SMARTS) is 1. The summed E-state index contributed by atoms with van der Waals surface area (Å²) >= 11 is 0. The molecule has 0 saturated carbocycles. The predicted molar refractivity (Wildman–Crippen MR) is 84.6 cm³/mol. The van der Waals surface area contributed by atoms with E-state index in [1.807, 2.05) is 0 Å². The van der Waals surface area contributed by atoms with Gasteiger partial charge in [0.2, 0.25) is 0 Å². The molecule has 2 aliphatic rings. The number of rotatable bonds is 5. The first-order chi connectivity index (χ1) is 10.1. The van der Waals surface area contributed by atoms with Gasteiger partial charge in [-0.3, -0.25) is 9.69 Å². The maximum absolute atomic E-state index is 11.4. The van der Waals surface area contributed by atoms with Gasteiger partial charge in [-0.2, -0.15) is 0 Å². The number of aliphatic carboxylic acids is 1. The molecule has 0 radical (unpaired) electrons. The molecule has 0 aliphatic carbocycles. The Morgan fingerprint density at radius 3 is 2.43 bits per heavy atom. The number of carbonyl (C=O) groups is 1. The molecule has 0 aromatic carbocycles. The van der Waals surface area contributed by atoms with E-state index in [-0.39, 0.29) is 5.54 Å². The fraction of sp³-hybridized carbons (Fsp3) is 0.938. The molecule has 5 heteroatoms. The molecular formula is C16H31N3O2. The zero-order valence-corrected chi connectivity index (χ0v) is 13.7. The van der Waals surface area contributed by atoms with Crippen LogP contribution in [0.25, 0.3) is 0 Å². The Balaban J connectivity index is 2.07. The summed E-state index contributed by atoms with van der Waals surface area (Å²) in [5, 5.41) is 9.42. The first-order valence-electron chi connectivity index (χ1n) is 8.43. The monoisotopic (exact) mass is 297 g/mol. The third-order valence-electron chi connectivity index (χ3n) is 5.20. The molecule has 2 saturated heterocycles. The van der Waals surface area contributed by atoms with Crippen LogP contribution in [0.5, 0.6) is 0 Å². The summed E-state index contributed by atoms with van der Waals surface area (Å²) in [5.41, 5.74) is -0.115. The van der Waals surface area contributed by atoms with Gasteiger partial charge < -0.3 is 14.9 Å². The second kappa shape index (κ2) is 7.56.